The van der Waals surface area contributed by atoms with Gasteiger partial charge in [0.25, 0.3) is 0 Å². The van der Waals surface area contributed by atoms with E-state index < -0.39 is 5.54 Å². The van der Waals surface area contributed by atoms with E-state index in [1.165, 1.54) is 6.07 Å². The van der Waals surface area contributed by atoms with Gasteiger partial charge in [0, 0.05) is 10.3 Å². The molecule has 6 heteroatoms. The minimum atomic E-state index is -0.509. The molecule has 0 amide bonds. The molecule has 128 valence electrons. The summed E-state index contributed by atoms with van der Waals surface area (Å²) in [7, 11) is 0. The Morgan fingerprint density at radius 2 is 2.13 bits per heavy atom. The number of hydrogen-bond donors (Lipinski definition) is 1. The zero-order chi connectivity index (χ0) is 17.1. The monoisotopic (exact) mass is 341 g/mol. The van der Waals surface area contributed by atoms with E-state index in [4.69, 9.17) is 9.47 Å². The van der Waals surface area contributed by atoms with Crippen LogP contribution in [0.2, 0.25) is 0 Å². The Balaban J connectivity index is 2.14. The molecule has 0 aliphatic carbocycles. The summed E-state index contributed by atoms with van der Waals surface area (Å²) in [5, 5.41) is 0. The average Bonchev–Trinajstić information content (AvgIpc) is 2.38. The third kappa shape index (κ3) is 4.68. The molecule has 0 aromatic heterocycles. The van der Waals surface area contributed by atoms with E-state index in [2.05, 4.69) is 25.5 Å². The molecule has 2 rings (SSSR count). The molecule has 0 spiro atoms. The number of rotatable bonds is 6. The standard InChI is InChI=1S/C17H24FNO3S/c1-5-22-15(20)9-12-6-7-13(14(18)8-12)17(10-21-11-17)19-23-16(2,3)4/h6-8,19H,5,9-11H2,1-4H3. The zero-order valence-corrected chi connectivity index (χ0v) is 14.9. The van der Waals surface area contributed by atoms with Crippen molar-refractivity contribution in [2.45, 2.75) is 44.4 Å². The molecule has 1 aromatic carbocycles. The van der Waals surface area contributed by atoms with Gasteiger partial charge in [-0.25, -0.2) is 9.11 Å². The minimum Gasteiger partial charge on any atom is -0.466 e. The predicted octanol–water partition coefficient (Wildman–Crippen LogP) is 3.19. The van der Waals surface area contributed by atoms with E-state index in [0.29, 0.717) is 30.9 Å². The summed E-state index contributed by atoms with van der Waals surface area (Å²) in [6.07, 6.45) is 0.0821. The fourth-order valence-corrected chi connectivity index (χ4v) is 2.99. The Bertz CT molecular complexity index is 567. The third-order valence-corrected chi connectivity index (χ3v) is 4.56. The van der Waals surface area contributed by atoms with Gasteiger partial charge in [-0.1, -0.05) is 24.1 Å². The van der Waals surface area contributed by atoms with Gasteiger partial charge in [-0.05, 0) is 39.3 Å². The Morgan fingerprint density at radius 3 is 2.61 bits per heavy atom. The van der Waals surface area contributed by atoms with Gasteiger partial charge in [-0.2, -0.15) is 0 Å². The van der Waals surface area contributed by atoms with E-state index in [-0.39, 0.29) is 23.0 Å². The molecule has 0 unspecified atom stereocenters. The summed E-state index contributed by atoms with van der Waals surface area (Å²) in [6, 6.07) is 4.93. The minimum absolute atomic E-state index is 0.0168. The summed E-state index contributed by atoms with van der Waals surface area (Å²) in [4.78, 5) is 11.5. The van der Waals surface area contributed by atoms with Crippen molar-refractivity contribution in [3.8, 4) is 0 Å². The van der Waals surface area contributed by atoms with E-state index in [1.54, 1.807) is 31.0 Å². The van der Waals surface area contributed by atoms with Crippen LogP contribution in [-0.2, 0) is 26.2 Å². The number of carbonyl (C=O) groups excluding carboxylic acids is 1. The molecule has 4 nitrogen and oxygen atoms in total. The first-order valence-electron chi connectivity index (χ1n) is 7.73. The first-order chi connectivity index (χ1) is 10.8. The van der Waals surface area contributed by atoms with Crippen LogP contribution in [-0.4, -0.2) is 30.5 Å². The van der Waals surface area contributed by atoms with Crippen molar-refractivity contribution in [3.05, 3.63) is 35.1 Å². The van der Waals surface area contributed by atoms with Gasteiger partial charge < -0.3 is 9.47 Å². The van der Waals surface area contributed by atoms with Gasteiger partial charge in [-0.3, -0.25) is 4.79 Å². The number of nitrogens with one attached hydrogen (secondary N) is 1. The second-order valence-electron chi connectivity index (χ2n) is 6.69. The van der Waals surface area contributed by atoms with E-state index in [9.17, 15) is 9.18 Å². The largest absolute Gasteiger partial charge is 0.466 e. The fourth-order valence-electron chi connectivity index (χ4n) is 2.26. The summed E-state index contributed by atoms with van der Waals surface area (Å²) in [5.74, 6) is -0.667. The number of hydrogen-bond acceptors (Lipinski definition) is 5. The van der Waals surface area contributed by atoms with Crippen molar-refractivity contribution in [2.24, 2.45) is 0 Å². The Kier molecular flexibility index (Phi) is 5.70. The third-order valence-electron chi connectivity index (χ3n) is 3.45. The maximum Gasteiger partial charge on any atom is 0.310 e. The van der Waals surface area contributed by atoms with E-state index >= 15 is 0 Å². The van der Waals surface area contributed by atoms with Crippen molar-refractivity contribution in [3.63, 3.8) is 0 Å². The molecular formula is C17H24FNO3S. The number of benzene rings is 1. The quantitative estimate of drug-likeness (QED) is 0.636. The van der Waals surface area contributed by atoms with Crippen LogP contribution in [0.15, 0.2) is 18.2 Å². The van der Waals surface area contributed by atoms with Crippen molar-refractivity contribution >= 4 is 17.9 Å². The molecule has 0 radical (unpaired) electrons. The van der Waals surface area contributed by atoms with Crippen molar-refractivity contribution in [2.75, 3.05) is 19.8 Å². The summed E-state index contributed by atoms with van der Waals surface area (Å²) in [6.45, 7) is 9.23. The van der Waals surface area contributed by atoms with Gasteiger partial charge in [0.1, 0.15) is 11.4 Å². The molecule has 0 bridgehead atoms. The molecule has 1 N–H and O–H groups in total. The van der Waals surface area contributed by atoms with Crippen molar-refractivity contribution in [1.29, 1.82) is 0 Å². The Hall–Kier alpha value is -1.11. The first kappa shape index (κ1) is 18.2. The van der Waals surface area contributed by atoms with Gasteiger partial charge in [0.2, 0.25) is 0 Å². The highest BCUT2D eigenvalue weighted by molar-refractivity contribution is 7.98. The summed E-state index contributed by atoms with van der Waals surface area (Å²) < 4.78 is 28.2. The Labute approximate surface area is 141 Å². The van der Waals surface area contributed by atoms with E-state index in [1.807, 2.05) is 0 Å². The molecule has 0 atom stereocenters. The molecule has 1 aliphatic rings. The predicted molar refractivity (Wildman–Crippen MR) is 89.7 cm³/mol. The SMILES string of the molecule is CCOC(=O)Cc1ccc(C2(NSC(C)(C)C)COC2)c(F)c1. The molecular weight excluding hydrogens is 317 g/mol. The van der Waals surface area contributed by atoms with E-state index in [0.717, 1.165) is 0 Å². The lowest BCUT2D eigenvalue weighted by Gasteiger charge is -2.43. The molecule has 23 heavy (non-hydrogen) atoms. The number of esters is 1. The van der Waals surface area contributed by atoms with Gasteiger partial charge in [-0.15, -0.1) is 0 Å². The lowest BCUT2D eigenvalue weighted by Crippen LogP contribution is -2.56. The molecule has 1 saturated heterocycles. The van der Waals surface area contributed by atoms with Crippen LogP contribution >= 0.6 is 11.9 Å². The highest BCUT2D eigenvalue weighted by Gasteiger charge is 2.43. The summed E-state index contributed by atoms with van der Waals surface area (Å²) >= 11 is 1.57. The number of halogens is 1. The van der Waals surface area contributed by atoms with Gasteiger partial charge in [0.15, 0.2) is 0 Å². The second kappa shape index (κ2) is 7.20. The Morgan fingerprint density at radius 1 is 1.43 bits per heavy atom. The zero-order valence-electron chi connectivity index (χ0n) is 14.1. The summed E-state index contributed by atoms with van der Waals surface area (Å²) in [5.41, 5.74) is 0.682. The van der Waals surface area contributed by atoms with Crippen LogP contribution in [0.4, 0.5) is 4.39 Å². The maximum absolute atomic E-state index is 14.6. The van der Waals surface area contributed by atoms with Crippen LogP contribution in [0.3, 0.4) is 0 Å². The van der Waals surface area contributed by atoms with Crippen molar-refractivity contribution in [1.82, 2.24) is 4.72 Å². The van der Waals surface area contributed by atoms with Crippen LogP contribution in [0.5, 0.6) is 0 Å². The normalized spacial score (nSPS) is 16.7. The maximum atomic E-state index is 14.6. The van der Waals surface area contributed by atoms with Crippen LogP contribution in [0.25, 0.3) is 0 Å². The van der Waals surface area contributed by atoms with Crippen LogP contribution in [0.1, 0.15) is 38.8 Å². The lowest BCUT2D eigenvalue weighted by atomic mass is 9.88. The molecule has 0 saturated carbocycles. The second-order valence-corrected chi connectivity index (χ2v) is 8.32. The highest BCUT2D eigenvalue weighted by atomic mass is 32.2. The molecule has 1 aromatic rings. The van der Waals surface area contributed by atoms with Crippen LogP contribution < -0.4 is 4.72 Å². The number of ether oxygens (including phenoxy) is 2. The molecule has 1 heterocycles. The average molecular weight is 341 g/mol. The molecule has 1 aliphatic heterocycles. The lowest BCUT2D eigenvalue weighted by molar-refractivity contribution is -0.142. The van der Waals surface area contributed by atoms with Gasteiger partial charge in [0.05, 0.1) is 26.2 Å². The first-order valence-corrected chi connectivity index (χ1v) is 8.55. The van der Waals surface area contributed by atoms with Crippen LogP contribution in [0, 0.1) is 5.82 Å². The topological polar surface area (TPSA) is 47.6 Å². The van der Waals surface area contributed by atoms with Crippen molar-refractivity contribution < 1.29 is 18.7 Å². The number of carbonyl (C=O) groups is 1. The smallest absolute Gasteiger partial charge is 0.310 e. The fraction of sp³-hybridized carbons (Fsp3) is 0.588. The highest BCUT2D eigenvalue weighted by Crippen LogP contribution is 2.36. The molecule has 1 fully saturated rings. The van der Waals surface area contributed by atoms with Gasteiger partial charge >= 0.3 is 5.97 Å².